The van der Waals surface area contributed by atoms with Crippen LogP contribution >= 0.6 is 46.1 Å². The van der Waals surface area contributed by atoms with E-state index in [1.54, 1.807) is 0 Å². The highest BCUT2D eigenvalue weighted by Crippen LogP contribution is 2.40. The summed E-state index contributed by atoms with van der Waals surface area (Å²) in [4.78, 5) is 5.55. The molecule has 3 rings (SSSR count). The first-order valence-electron chi connectivity index (χ1n) is 7.08. The Morgan fingerprint density at radius 1 is 0.917 bits per heavy atom. The second kappa shape index (κ2) is 7.30. The van der Waals surface area contributed by atoms with Crippen LogP contribution in [0.4, 0.5) is 5.13 Å². The molecule has 124 valence electrons. The van der Waals surface area contributed by atoms with Crippen LogP contribution in [0, 0.1) is 0 Å². The van der Waals surface area contributed by atoms with Crippen molar-refractivity contribution in [2.75, 3.05) is 5.32 Å². The van der Waals surface area contributed by atoms with Crippen LogP contribution in [-0.4, -0.2) is 20.1 Å². The predicted molar refractivity (Wildman–Crippen MR) is 103 cm³/mol. The fraction of sp³-hybridized carbons (Fsp3) is 0.118. The lowest BCUT2D eigenvalue weighted by atomic mass is 10.1. The first kappa shape index (κ1) is 17.5. The maximum Gasteiger partial charge on any atom is 0.234 e. The van der Waals surface area contributed by atoms with Crippen LogP contribution < -0.4 is 5.32 Å². The predicted octanol–water partition coefficient (Wildman–Crippen LogP) is 5.58. The molecule has 0 spiro atoms. The molecule has 0 aliphatic carbocycles. The topological polar surface area (TPSA) is 45.1 Å². The van der Waals surface area contributed by atoms with Crippen molar-refractivity contribution in [1.82, 2.24) is 4.98 Å². The first-order chi connectivity index (χ1) is 11.4. The van der Waals surface area contributed by atoms with Crippen molar-refractivity contribution in [2.24, 2.45) is 0 Å². The van der Waals surface area contributed by atoms with E-state index in [2.05, 4.69) is 10.3 Å². The quantitative estimate of drug-likeness (QED) is 0.445. The molecular formula is C17H13Cl3N2OS. The zero-order chi connectivity index (χ0) is 17.2. The zero-order valence-electron chi connectivity index (χ0n) is 12.3. The average molecular weight is 400 g/mol. The highest BCUT2D eigenvalue weighted by molar-refractivity contribution is 7.19. The molecule has 0 fully saturated rings. The molecule has 0 aliphatic heterocycles. The fourth-order valence-corrected chi connectivity index (χ4v) is 3.34. The monoisotopic (exact) mass is 398 g/mol. The van der Waals surface area contributed by atoms with E-state index in [1.807, 2.05) is 60.7 Å². The van der Waals surface area contributed by atoms with Gasteiger partial charge in [0.1, 0.15) is 0 Å². The number of rotatable bonds is 4. The molecule has 0 saturated carbocycles. The molecule has 0 aliphatic rings. The summed E-state index contributed by atoms with van der Waals surface area (Å²) in [7, 11) is 0. The molecular weight excluding hydrogens is 387 g/mol. The Bertz CT molecular complexity index is 747. The van der Waals surface area contributed by atoms with Gasteiger partial charge in [-0.15, -0.1) is 0 Å². The van der Waals surface area contributed by atoms with Gasteiger partial charge in [0.25, 0.3) is 0 Å². The smallest absolute Gasteiger partial charge is 0.234 e. The van der Waals surface area contributed by atoms with Crippen molar-refractivity contribution in [3.8, 4) is 21.7 Å². The molecule has 2 aromatic carbocycles. The summed E-state index contributed by atoms with van der Waals surface area (Å²) in [5.74, 6) is 0. The van der Waals surface area contributed by atoms with Crippen LogP contribution in [0.15, 0.2) is 60.7 Å². The van der Waals surface area contributed by atoms with E-state index in [0.717, 1.165) is 21.7 Å². The molecule has 1 heterocycles. The van der Waals surface area contributed by atoms with Crippen molar-refractivity contribution in [2.45, 2.75) is 10.0 Å². The van der Waals surface area contributed by atoms with Gasteiger partial charge in [0, 0.05) is 5.56 Å². The number of nitrogens with zero attached hydrogens (tertiary/aromatic N) is 1. The summed E-state index contributed by atoms with van der Waals surface area (Å²) in [5, 5.41) is 13.2. The molecule has 2 N–H and O–H groups in total. The van der Waals surface area contributed by atoms with Gasteiger partial charge >= 0.3 is 0 Å². The second-order valence-corrected chi connectivity index (χ2v) is 8.39. The summed E-state index contributed by atoms with van der Waals surface area (Å²) in [6.45, 7) is 0. The molecule has 0 amide bonds. The van der Waals surface area contributed by atoms with E-state index >= 15 is 0 Å². The van der Waals surface area contributed by atoms with Crippen LogP contribution in [0.5, 0.6) is 0 Å². The summed E-state index contributed by atoms with van der Waals surface area (Å²) < 4.78 is -1.84. The molecule has 0 radical (unpaired) electrons. The summed E-state index contributed by atoms with van der Waals surface area (Å²) in [6, 6.07) is 19.7. The van der Waals surface area contributed by atoms with E-state index in [0.29, 0.717) is 5.13 Å². The Balaban J connectivity index is 2.03. The number of halogens is 3. The highest BCUT2D eigenvalue weighted by Gasteiger charge is 2.31. The number of aromatic nitrogens is 1. The number of anilines is 1. The lowest BCUT2D eigenvalue weighted by Crippen LogP contribution is -2.33. The van der Waals surface area contributed by atoms with Gasteiger partial charge < -0.3 is 10.4 Å². The number of aliphatic hydroxyl groups is 1. The highest BCUT2D eigenvalue weighted by atomic mass is 35.6. The van der Waals surface area contributed by atoms with Gasteiger partial charge in [-0.1, -0.05) is 107 Å². The average Bonchev–Trinajstić information content (AvgIpc) is 2.99. The third-order valence-electron chi connectivity index (χ3n) is 3.28. The maximum absolute atomic E-state index is 9.94. The fourth-order valence-electron chi connectivity index (χ4n) is 2.16. The van der Waals surface area contributed by atoms with Crippen molar-refractivity contribution in [3.05, 3.63) is 60.7 Å². The van der Waals surface area contributed by atoms with Gasteiger partial charge in [-0.2, -0.15) is 0 Å². The van der Waals surface area contributed by atoms with E-state index in [4.69, 9.17) is 34.8 Å². The minimum Gasteiger partial charge on any atom is -0.369 e. The van der Waals surface area contributed by atoms with Gasteiger partial charge in [0.2, 0.25) is 3.79 Å². The largest absolute Gasteiger partial charge is 0.369 e. The zero-order valence-corrected chi connectivity index (χ0v) is 15.4. The number of alkyl halides is 3. The SMILES string of the molecule is OC(Nc1nc(-c2ccccc2)c(-c2ccccc2)s1)C(Cl)(Cl)Cl. The number of hydrogen-bond donors (Lipinski definition) is 2. The normalized spacial score (nSPS) is 12.8. The van der Waals surface area contributed by atoms with Crippen LogP contribution in [-0.2, 0) is 0 Å². The van der Waals surface area contributed by atoms with Gasteiger partial charge in [-0.3, -0.25) is 0 Å². The molecule has 1 aromatic heterocycles. The first-order valence-corrected chi connectivity index (χ1v) is 9.03. The Hall–Kier alpha value is -1.30. The van der Waals surface area contributed by atoms with Crippen LogP contribution in [0.1, 0.15) is 0 Å². The summed E-state index contributed by atoms with van der Waals surface area (Å²) >= 11 is 18.5. The lowest BCUT2D eigenvalue weighted by Gasteiger charge is -2.19. The third-order valence-corrected chi connectivity index (χ3v) is 4.94. The minimum atomic E-state index is -1.84. The van der Waals surface area contributed by atoms with Crippen LogP contribution in [0.3, 0.4) is 0 Å². The number of nitrogens with one attached hydrogen (secondary N) is 1. The molecule has 3 aromatic rings. The Morgan fingerprint density at radius 3 is 2.00 bits per heavy atom. The van der Waals surface area contributed by atoms with Gasteiger partial charge in [0.05, 0.1) is 10.6 Å². The Morgan fingerprint density at radius 2 is 1.46 bits per heavy atom. The van der Waals surface area contributed by atoms with Crippen molar-refractivity contribution in [3.63, 3.8) is 0 Å². The number of thiazole rings is 1. The molecule has 24 heavy (non-hydrogen) atoms. The molecule has 1 unspecified atom stereocenters. The Labute approximate surface area is 158 Å². The van der Waals surface area contributed by atoms with E-state index in [-0.39, 0.29) is 0 Å². The van der Waals surface area contributed by atoms with Gasteiger partial charge in [-0.05, 0) is 5.56 Å². The van der Waals surface area contributed by atoms with E-state index in [1.165, 1.54) is 11.3 Å². The number of hydrogen-bond acceptors (Lipinski definition) is 4. The Kier molecular flexibility index (Phi) is 5.33. The van der Waals surface area contributed by atoms with Crippen molar-refractivity contribution in [1.29, 1.82) is 0 Å². The second-order valence-electron chi connectivity index (χ2n) is 5.02. The van der Waals surface area contributed by atoms with Crippen LogP contribution in [0.2, 0.25) is 0 Å². The maximum atomic E-state index is 9.94. The van der Waals surface area contributed by atoms with Crippen LogP contribution in [0.25, 0.3) is 21.7 Å². The minimum absolute atomic E-state index is 0.478. The van der Waals surface area contributed by atoms with Gasteiger partial charge in [0.15, 0.2) is 11.4 Å². The molecule has 0 bridgehead atoms. The van der Waals surface area contributed by atoms with E-state index in [9.17, 15) is 5.11 Å². The summed E-state index contributed by atoms with van der Waals surface area (Å²) in [6.07, 6.45) is -1.36. The third kappa shape index (κ3) is 4.02. The molecule has 1 atom stereocenters. The van der Waals surface area contributed by atoms with Crippen molar-refractivity contribution >= 4 is 51.3 Å². The standard InChI is InChI=1S/C17H13Cl3N2OS/c18-17(19,20)15(23)22-16-21-13(11-7-3-1-4-8-11)14(24-16)12-9-5-2-6-10-12/h1-10,15,23H,(H,21,22). The lowest BCUT2D eigenvalue weighted by molar-refractivity contribution is 0.208. The molecule has 3 nitrogen and oxygen atoms in total. The number of aliphatic hydroxyl groups excluding tert-OH is 1. The van der Waals surface area contributed by atoms with E-state index < -0.39 is 10.0 Å². The molecule has 7 heteroatoms. The summed E-state index contributed by atoms with van der Waals surface area (Å²) in [5.41, 5.74) is 2.82. The molecule has 0 saturated heterocycles. The van der Waals surface area contributed by atoms with Gasteiger partial charge in [-0.25, -0.2) is 4.98 Å². The van der Waals surface area contributed by atoms with Crippen molar-refractivity contribution < 1.29 is 5.11 Å². The number of benzene rings is 2.